The molecule has 0 aliphatic rings. The first-order valence-electron chi connectivity index (χ1n) is 3.47. The van der Waals surface area contributed by atoms with Gasteiger partial charge in [-0.3, -0.25) is 19.8 Å². The van der Waals surface area contributed by atoms with E-state index in [1.54, 1.807) is 28.2 Å². The Hall–Kier alpha value is -1.39. The molecule has 0 radical (unpaired) electrons. The van der Waals surface area contributed by atoms with Gasteiger partial charge in [0, 0.05) is 28.2 Å². The Balaban J connectivity index is 4.18. The van der Waals surface area contributed by atoms with Crippen LogP contribution in [0.5, 0.6) is 0 Å². The number of aliphatic imine (C=N–C) groups is 2. The third kappa shape index (κ3) is 3.14. The van der Waals surface area contributed by atoms with E-state index in [9.17, 15) is 4.79 Å². The van der Waals surface area contributed by atoms with Gasteiger partial charge in [0.2, 0.25) is 0 Å². The minimum absolute atomic E-state index is 0.175. The van der Waals surface area contributed by atoms with Crippen LogP contribution in [0.1, 0.15) is 0 Å². The molecule has 0 fully saturated rings. The van der Waals surface area contributed by atoms with Gasteiger partial charge in [0.25, 0.3) is 0 Å². The Morgan fingerprint density at radius 3 is 1.67 bits per heavy atom. The van der Waals surface area contributed by atoms with Crippen molar-refractivity contribution >= 4 is 18.7 Å². The largest absolute Gasteiger partial charge is 0.329 e. The molecule has 68 valence electrons. The summed E-state index contributed by atoms with van der Waals surface area (Å²) < 4.78 is 0. The molecule has 2 amide bonds. The molecule has 5 heteroatoms. The molecular weight excluding hydrogens is 156 g/mol. The number of carbonyl (C=O) groups excluding carboxylic acids is 1. The third-order valence-electron chi connectivity index (χ3n) is 1.18. The third-order valence-corrected chi connectivity index (χ3v) is 1.18. The molecule has 0 unspecified atom stereocenters. The maximum absolute atomic E-state index is 11.3. The summed E-state index contributed by atoms with van der Waals surface area (Å²) in [5.74, 6) is 0. The number of amides is 2. The lowest BCUT2D eigenvalue weighted by atomic mass is 10.7. The van der Waals surface area contributed by atoms with Crippen molar-refractivity contribution in [3.63, 3.8) is 0 Å². The van der Waals surface area contributed by atoms with Gasteiger partial charge in [-0.25, -0.2) is 4.79 Å². The summed E-state index contributed by atoms with van der Waals surface area (Å²) in [5, 5.41) is 0. The predicted molar refractivity (Wildman–Crippen MR) is 49.8 cm³/mol. The highest BCUT2D eigenvalue weighted by atomic mass is 16.2. The van der Waals surface area contributed by atoms with Crippen LogP contribution in [0, 0.1) is 0 Å². The topological polar surface area (TPSA) is 48.3 Å². The van der Waals surface area contributed by atoms with Crippen LogP contribution in [0.2, 0.25) is 0 Å². The van der Waals surface area contributed by atoms with E-state index in [1.807, 2.05) is 0 Å². The monoisotopic (exact) mass is 170 g/mol. The lowest BCUT2D eigenvalue weighted by Gasteiger charge is -2.16. The highest BCUT2D eigenvalue weighted by Crippen LogP contribution is 1.87. The highest BCUT2D eigenvalue weighted by molar-refractivity contribution is 5.92. The van der Waals surface area contributed by atoms with Crippen LogP contribution >= 0.6 is 0 Å². The van der Waals surface area contributed by atoms with E-state index in [1.165, 1.54) is 22.5 Å². The SMILES string of the molecule is CN=CN(C)C(=O)N(C)C=NC. The molecule has 0 aliphatic heterocycles. The standard InChI is InChI=1S/C7H14N4O/c1-8-5-10(3)7(12)11(4)6-9-2/h5-6H,1-4H3. The first-order valence-corrected chi connectivity index (χ1v) is 3.47. The summed E-state index contributed by atoms with van der Waals surface area (Å²) in [4.78, 5) is 21.5. The summed E-state index contributed by atoms with van der Waals surface area (Å²) in [6.07, 6.45) is 2.89. The summed E-state index contributed by atoms with van der Waals surface area (Å²) in [7, 11) is 6.49. The predicted octanol–water partition coefficient (Wildman–Crippen LogP) is 0.286. The highest BCUT2D eigenvalue weighted by Gasteiger charge is 2.09. The second-order valence-corrected chi connectivity index (χ2v) is 2.25. The van der Waals surface area contributed by atoms with Gasteiger partial charge in [0.1, 0.15) is 0 Å². The van der Waals surface area contributed by atoms with Gasteiger partial charge in [-0.15, -0.1) is 0 Å². The van der Waals surface area contributed by atoms with Crippen LogP contribution < -0.4 is 0 Å². The second kappa shape index (κ2) is 5.29. The fourth-order valence-corrected chi connectivity index (χ4v) is 0.694. The average Bonchev–Trinajstić information content (AvgIpc) is 2.04. The fourth-order valence-electron chi connectivity index (χ4n) is 0.694. The maximum Gasteiger partial charge on any atom is 0.329 e. The maximum atomic E-state index is 11.3. The molecule has 0 rings (SSSR count). The van der Waals surface area contributed by atoms with Crippen molar-refractivity contribution in [1.82, 2.24) is 9.80 Å². The summed E-state index contributed by atoms with van der Waals surface area (Å²) in [6, 6.07) is -0.175. The van der Waals surface area contributed by atoms with Crippen molar-refractivity contribution in [1.29, 1.82) is 0 Å². The number of rotatable bonds is 2. The van der Waals surface area contributed by atoms with Gasteiger partial charge in [-0.1, -0.05) is 0 Å². The van der Waals surface area contributed by atoms with Gasteiger partial charge in [-0.2, -0.15) is 0 Å². The van der Waals surface area contributed by atoms with Crippen LogP contribution in [-0.4, -0.2) is 56.7 Å². The Bertz CT molecular complexity index is 180. The Morgan fingerprint density at radius 1 is 1.08 bits per heavy atom. The Morgan fingerprint density at radius 2 is 1.42 bits per heavy atom. The smallest absolute Gasteiger partial charge is 0.288 e. The molecule has 0 N–H and O–H groups in total. The Labute approximate surface area is 72.4 Å². The number of hydrogen-bond acceptors (Lipinski definition) is 3. The zero-order valence-electron chi connectivity index (χ0n) is 7.85. The van der Waals surface area contributed by atoms with Gasteiger partial charge in [-0.05, 0) is 0 Å². The molecule has 0 heterocycles. The van der Waals surface area contributed by atoms with Crippen LogP contribution in [0.15, 0.2) is 9.98 Å². The van der Waals surface area contributed by atoms with Crippen LogP contribution in [0.25, 0.3) is 0 Å². The van der Waals surface area contributed by atoms with Gasteiger partial charge in [0.15, 0.2) is 0 Å². The van der Waals surface area contributed by atoms with E-state index in [-0.39, 0.29) is 6.03 Å². The molecule has 0 bridgehead atoms. The van der Waals surface area contributed by atoms with Crippen LogP contribution in [0.3, 0.4) is 0 Å². The number of carbonyl (C=O) groups is 1. The zero-order chi connectivity index (χ0) is 9.56. The van der Waals surface area contributed by atoms with Crippen molar-refractivity contribution in [3.05, 3.63) is 0 Å². The number of hydrogen-bond donors (Lipinski definition) is 0. The van der Waals surface area contributed by atoms with Gasteiger partial charge in [0.05, 0.1) is 12.7 Å². The van der Waals surface area contributed by atoms with Crippen molar-refractivity contribution < 1.29 is 4.79 Å². The van der Waals surface area contributed by atoms with Crippen molar-refractivity contribution in [2.45, 2.75) is 0 Å². The molecule has 0 saturated heterocycles. The van der Waals surface area contributed by atoms with E-state index in [0.717, 1.165) is 0 Å². The lowest BCUT2D eigenvalue weighted by molar-refractivity contribution is 0.212. The quantitative estimate of drug-likeness (QED) is 0.434. The second-order valence-electron chi connectivity index (χ2n) is 2.25. The fraction of sp³-hybridized carbons (Fsp3) is 0.571. The van der Waals surface area contributed by atoms with Gasteiger partial charge >= 0.3 is 6.03 Å². The van der Waals surface area contributed by atoms with Crippen LogP contribution in [0.4, 0.5) is 4.79 Å². The molecule has 12 heavy (non-hydrogen) atoms. The van der Waals surface area contributed by atoms with Crippen molar-refractivity contribution in [2.24, 2.45) is 9.98 Å². The van der Waals surface area contributed by atoms with Crippen molar-refractivity contribution in [2.75, 3.05) is 28.2 Å². The van der Waals surface area contributed by atoms with Crippen LogP contribution in [-0.2, 0) is 0 Å². The summed E-state index contributed by atoms with van der Waals surface area (Å²) in [5.41, 5.74) is 0. The first kappa shape index (κ1) is 10.6. The minimum Gasteiger partial charge on any atom is -0.288 e. The Kier molecular flexibility index (Phi) is 4.67. The summed E-state index contributed by atoms with van der Waals surface area (Å²) in [6.45, 7) is 0. The zero-order valence-corrected chi connectivity index (χ0v) is 7.85. The number of nitrogens with zero attached hydrogens (tertiary/aromatic N) is 4. The minimum atomic E-state index is -0.175. The van der Waals surface area contributed by atoms with E-state index >= 15 is 0 Å². The number of urea groups is 1. The molecule has 0 atom stereocenters. The average molecular weight is 170 g/mol. The molecule has 0 spiro atoms. The van der Waals surface area contributed by atoms with Crippen molar-refractivity contribution in [3.8, 4) is 0 Å². The molecule has 0 saturated carbocycles. The molecule has 0 aromatic rings. The van der Waals surface area contributed by atoms with E-state index in [2.05, 4.69) is 9.98 Å². The first-order chi connectivity index (χ1) is 5.63. The molecule has 0 aromatic carbocycles. The summed E-state index contributed by atoms with van der Waals surface area (Å²) >= 11 is 0. The normalized spacial score (nSPS) is 11.0. The molecule has 0 aromatic heterocycles. The molecule has 0 aliphatic carbocycles. The van der Waals surface area contributed by atoms with E-state index < -0.39 is 0 Å². The van der Waals surface area contributed by atoms with E-state index in [4.69, 9.17) is 0 Å². The lowest BCUT2D eigenvalue weighted by Crippen LogP contribution is -2.37. The van der Waals surface area contributed by atoms with Gasteiger partial charge < -0.3 is 0 Å². The molecular formula is C7H14N4O. The molecule has 5 nitrogen and oxygen atoms in total. The van der Waals surface area contributed by atoms with E-state index in [0.29, 0.717) is 0 Å².